The highest BCUT2D eigenvalue weighted by molar-refractivity contribution is 7.09. The molecule has 0 bridgehead atoms. The lowest BCUT2D eigenvalue weighted by Crippen LogP contribution is -2.34. The first kappa shape index (κ1) is 15.0. The van der Waals surface area contributed by atoms with E-state index in [9.17, 15) is 9.90 Å². The summed E-state index contributed by atoms with van der Waals surface area (Å²) in [5.74, 6) is 0.647. The van der Waals surface area contributed by atoms with Crippen LogP contribution in [0.15, 0.2) is 29.6 Å². The Labute approximate surface area is 133 Å². The van der Waals surface area contributed by atoms with Crippen molar-refractivity contribution in [2.75, 3.05) is 0 Å². The van der Waals surface area contributed by atoms with Gasteiger partial charge in [0.1, 0.15) is 5.01 Å². The van der Waals surface area contributed by atoms with Crippen molar-refractivity contribution in [3.8, 4) is 0 Å². The number of benzene rings is 1. The lowest BCUT2D eigenvalue weighted by molar-refractivity contribution is 0.239. The molecule has 1 saturated carbocycles. The number of aromatic nitrogens is 1. The molecule has 1 aliphatic rings. The van der Waals surface area contributed by atoms with Crippen LogP contribution in [0.25, 0.3) is 0 Å². The summed E-state index contributed by atoms with van der Waals surface area (Å²) in [4.78, 5) is 16.4. The second-order valence-corrected chi connectivity index (χ2v) is 6.35. The third kappa shape index (κ3) is 3.84. The summed E-state index contributed by atoms with van der Waals surface area (Å²) < 4.78 is 0. The number of carbonyl (C=O) groups is 1. The topological polar surface area (TPSA) is 74.2 Å². The smallest absolute Gasteiger partial charge is 0.315 e. The van der Waals surface area contributed by atoms with E-state index in [2.05, 4.69) is 21.0 Å². The monoisotopic (exact) mass is 317 g/mol. The minimum Gasteiger partial charge on any atom is -0.392 e. The summed E-state index contributed by atoms with van der Waals surface area (Å²) >= 11 is 1.59. The van der Waals surface area contributed by atoms with Gasteiger partial charge in [0.05, 0.1) is 18.8 Å². The Morgan fingerprint density at radius 1 is 1.23 bits per heavy atom. The number of hydrogen-bond donors (Lipinski definition) is 3. The largest absolute Gasteiger partial charge is 0.392 e. The van der Waals surface area contributed by atoms with Crippen LogP contribution in [-0.4, -0.2) is 16.1 Å². The van der Waals surface area contributed by atoms with Crippen LogP contribution in [0, 0.1) is 0 Å². The first-order chi connectivity index (χ1) is 10.8. The van der Waals surface area contributed by atoms with Crippen LogP contribution in [0.3, 0.4) is 0 Å². The Bertz CT molecular complexity index is 652. The molecule has 22 heavy (non-hydrogen) atoms. The summed E-state index contributed by atoms with van der Waals surface area (Å²) in [7, 11) is 0. The third-order valence-corrected chi connectivity index (χ3v) is 4.56. The first-order valence-electron chi connectivity index (χ1n) is 7.40. The highest BCUT2D eigenvalue weighted by Gasteiger charge is 2.25. The highest BCUT2D eigenvalue weighted by Crippen LogP contribution is 2.40. The number of carbonyl (C=O) groups excluding carboxylic acids is 1. The SMILES string of the molecule is O=C(NCc1nc(C2CC2)cs1)NCc1ccccc1CO. The maximum absolute atomic E-state index is 11.8. The van der Waals surface area contributed by atoms with E-state index in [1.807, 2.05) is 24.3 Å². The van der Waals surface area contributed by atoms with Crippen molar-refractivity contribution < 1.29 is 9.90 Å². The van der Waals surface area contributed by atoms with Gasteiger partial charge in [0, 0.05) is 17.8 Å². The predicted molar refractivity (Wildman–Crippen MR) is 85.5 cm³/mol. The number of nitrogens with zero attached hydrogens (tertiary/aromatic N) is 1. The fourth-order valence-electron chi connectivity index (χ4n) is 2.25. The Morgan fingerprint density at radius 2 is 1.95 bits per heavy atom. The van der Waals surface area contributed by atoms with Gasteiger partial charge in [-0.3, -0.25) is 0 Å². The van der Waals surface area contributed by atoms with Crippen LogP contribution in [-0.2, 0) is 19.7 Å². The van der Waals surface area contributed by atoms with Crippen LogP contribution in [0.5, 0.6) is 0 Å². The molecule has 3 N–H and O–H groups in total. The molecule has 0 aliphatic heterocycles. The number of aliphatic hydroxyl groups excluding tert-OH is 1. The van der Waals surface area contributed by atoms with E-state index in [0.29, 0.717) is 19.0 Å². The van der Waals surface area contributed by atoms with Gasteiger partial charge in [0.15, 0.2) is 0 Å². The average Bonchev–Trinajstić information content (AvgIpc) is 3.30. The molecule has 2 aromatic rings. The molecule has 0 spiro atoms. The van der Waals surface area contributed by atoms with Gasteiger partial charge in [0.2, 0.25) is 0 Å². The second kappa shape index (κ2) is 6.89. The number of thiazole rings is 1. The lowest BCUT2D eigenvalue weighted by Gasteiger charge is -2.09. The molecule has 1 heterocycles. The molecule has 3 rings (SSSR count). The van der Waals surface area contributed by atoms with Gasteiger partial charge in [-0.25, -0.2) is 9.78 Å². The maximum atomic E-state index is 11.8. The van der Waals surface area contributed by atoms with Gasteiger partial charge < -0.3 is 15.7 Å². The van der Waals surface area contributed by atoms with Gasteiger partial charge in [0.25, 0.3) is 0 Å². The van der Waals surface area contributed by atoms with Crippen LogP contribution in [0.4, 0.5) is 4.79 Å². The number of hydrogen-bond acceptors (Lipinski definition) is 4. The Balaban J connectivity index is 1.45. The molecular formula is C16H19N3O2S. The summed E-state index contributed by atoms with van der Waals surface area (Å²) in [5, 5.41) is 17.9. The summed E-state index contributed by atoms with van der Waals surface area (Å²) in [6.07, 6.45) is 2.47. The fraction of sp³-hybridized carbons (Fsp3) is 0.375. The number of urea groups is 1. The molecule has 0 unspecified atom stereocenters. The van der Waals surface area contributed by atoms with Crippen LogP contribution < -0.4 is 10.6 Å². The van der Waals surface area contributed by atoms with E-state index >= 15 is 0 Å². The van der Waals surface area contributed by atoms with Crippen LogP contribution in [0.1, 0.15) is 40.6 Å². The van der Waals surface area contributed by atoms with Gasteiger partial charge in [-0.2, -0.15) is 0 Å². The zero-order valence-electron chi connectivity index (χ0n) is 12.2. The summed E-state index contributed by atoms with van der Waals surface area (Å²) in [5.41, 5.74) is 2.92. The number of amides is 2. The number of rotatable bonds is 6. The van der Waals surface area contributed by atoms with Gasteiger partial charge in [-0.15, -0.1) is 11.3 Å². The molecule has 5 nitrogen and oxygen atoms in total. The van der Waals surface area contributed by atoms with Crippen molar-refractivity contribution in [1.29, 1.82) is 0 Å². The highest BCUT2D eigenvalue weighted by atomic mass is 32.1. The molecule has 0 atom stereocenters. The number of nitrogens with one attached hydrogen (secondary N) is 2. The first-order valence-corrected chi connectivity index (χ1v) is 8.28. The Morgan fingerprint density at radius 3 is 2.68 bits per heavy atom. The third-order valence-electron chi connectivity index (χ3n) is 3.69. The van der Waals surface area contributed by atoms with Crippen LogP contribution in [0.2, 0.25) is 0 Å². The van der Waals surface area contributed by atoms with Crippen molar-refractivity contribution in [3.63, 3.8) is 0 Å². The second-order valence-electron chi connectivity index (χ2n) is 5.40. The standard InChI is InChI=1S/C16H19N3O2S/c20-9-13-4-2-1-3-12(13)7-17-16(21)18-8-15-19-14(10-22-15)11-5-6-11/h1-4,10-11,20H,5-9H2,(H2,17,18,21). The van der Waals surface area contributed by atoms with Gasteiger partial charge in [-0.05, 0) is 24.0 Å². The van der Waals surface area contributed by atoms with E-state index in [1.165, 1.54) is 18.5 Å². The molecular weight excluding hydrogens is 298 g/mol. The van der Waals surface area contributed by atoms with Crippen molar-refractivity contribution >= 4 is 17.4 Å². The van der Waals surface area contributed by atoms with Gasteiger partial charge in [-0.1, -0.05) is 24.3 Å². The normalized spacial score (nSPS) is 13.9. The van der Waals surface area contributed by atoms with Crippen molar-refractivity contribution in [1.82, 2.24) is 15.6 Å². The molecule has 6 heteroatoms. The minimum absolute atomic E-state index is 0.0253. The van der Waals surface area contributed by atoms with Gasteiger partial charge >= 0.3 is 6.03 Å². The predicted octanol–water partition coefficient (Wildman–Crippen LogP) is 2.51. The van der Waals surface area contributed by atoms with Crippen molar-refractivity contribution in [3.05, 3.63) is 51.5 Å². The van der Waals surface area contributed by atoms with E-state index in [1.54, 1.807) is 11.3 Å². The zero-order chi connectivity index (χ0) is 15.4. The summed E-state index contributed by atoms with van der Waals surface area (Å²) in [6, 6.07) is 7.28. The average molecular weight is 317 g/mol. The maximum Gasteiger partial charge on any atom is 0.315 e. The fourth-order valence-corrected chi connectivity index (χ4v) is 3.07. The Hall–Kier alpha value is -1.92. The number of aliphatic hydroxyl groups is 1. The Kier molecular flexibility index (Phi) is 4.70. The van der Waals surface area contributed by atoms with E-state index in [-0.39, 0.29) is 12.6 Å². The molecule has 1 aliphatic carbocycles. The van der Waals surface area contributed by atoms with E-state index in [4.69, 9.17) is 0 Å². The summed E-state index contributed by atoms with van der Waals surface area (Å²) in [6.45, 7) is 0.821. The van der Waals surface area contributed by atoms with Crippen LogP contribution >= 0.6 is 11.3 Å². The van der Waals surface area contributed by atoms with Crippen molar-refractivity contribution in [2.24, 2.45) is 0 Å². The van der Waals surface area contributed by atoms with E-state index < -0.39 is 0 Å². The molecule has 1 fully saturated rings. The zero-order valence-corrected chi connectivity index (χ0v) is 13.0. The molecule has 0 radical (unpaired) electrons. The molecule has 0 saturated heterocycles. The minimum atomic E-state index is -0.226. The molecule has 2 amide bonds. The molecule has 1 aromatic heterocycles. The molecule has 116 valence electrons. The lowest BCUT2D eigenvalue weighted by atomic mass is 10.1. The van der Waals surface area contributed by atoms with E-state index in [0.717, 1.165) is 16.1 Å². The quantitative estimate of drug-likeness (QED) is 0.766. The van der Waals surface area contributed by atoms with Crippen molar-refractivity contribution in [2.45, 2.75) is 38.5 Å². The molecule has 1 aromatic carbocycles.